The molecule has 0 aliphatic rings. The summed E-state index contributed by atoms with van der Waals surface area (Å²) < 4.78 is 10.4. The molecule has 0 heterocycles. The van der Waals surface area contributed by atoms with Crippen LogP contribution in [0.5, 0.6) is 5.75 Å². The molecule has 0 radical (unpaired) electrons. The number of nitrogen functional groups attached to an aromatic ring is 1. The summed E-state index contributed by atoms with van der Waals surface area (Å²) in [6.07, 6.45) is 0. The summed E-state index contributed by atoms with van der Waals surface area (Å²) in [6, 6.07) is 5.07. The van der Waals surface area contributed by atoms with E-state index in [4.69, 9.17) is 15.2 Å². The van der Waals surface area contributed by atoms with E-state index in [2.05, 4.69) is 0 Å². The predicted molar refractivity (Wildman–Crippen MR) is 62.8 cm³/mol. The van der Waals surface area contributed by atoms with Crippen molar-refractivity contribution >= 4 is 11.5 Å². The minimum atomic E-state index is -0.124. The number of hydrogen-bond acceptors (Lipinski definition) is 4. The molecule has 0 aliphatic carbocycles. The molecule has 0 atom stereocenters. The third kappa shape index (κ3) is 3.24. The fourth-order valence-corrected chi connectivity index (χ4v) is 1.31. The van der Waals surface area contributed by atoms with Crippen LogP contribution in [0.4, 0.5) is 5.69 Å². The molecule has 4 heteroatoms. The number of ketones is 1. The van der Waals surface area contributed by atoms with Crippen molar-refractivity contribution in [1.29, 1.82) is 0 Å². The molecule has 1 aromatic rings. The third-order valence-corrected chi connectivity index (χ3v) is 2.07. The summed E-state index contributed by atoms with van der Waals surface area (Å²) in [5, 5.41) is 0. The maximum Gasteiger partial charge on any atom is 0.190 e. The predicted octanol–water partition coefficient (Wildman–Crippen LogP) is 1.89. The van der Waals surface area contributed by atoms with E-state index in [-0.39, 0.29) is 12.4 Å². The summed E-state index contributed by atoms with van der Waals surface area (Å²) in [6.45, 7) is 4.85. The second-order valence-corrected chi connectivity index (χ2v) is 3.24. The van der Waals surface area contributed by atoms with Gasteiger partial charge >= 0.3 is 0 Å². The molecule has 2 N–H and O–H groups in total. The number of rotatable bonds is 6. The van der Waals surface area contributed by atoms with Gasteiger partial charge in [0.1, 0.15) is 12.4 Å². The van der Waals surface area contributed by atoms with Crippen LogP contribution in [-0.2, 0) is 4.74 Å². The minimum absolute atomic E-state index is 0.0519. The number of benzene rings is 1. The van der Waals surface area contributed by atoms with Crippen LogP contribution in [0.15, 0.2) is 18.2 Å². The first kappa shape index (κ1) is 12.5. The molecule has 1 aromatic carbocycles. The zero-order valence-corrected chi connectivity index (χ0v) is 9.66. The lowest BCUT2D eigenvalue weighted by molar-refractivity contribution is 0.0784. The van der Waals surface area contributed by atoms with E-state index in [1.165, 1.54) is 0 Å². The van der Waals surface area contributed by atoms with E-state index in [1.807, 2.05) is 13.8 Å². The Hall–Kier alpha value is -1.55. The Balaban J connectivity index is 2.84. The molecular weight excluding hydrogens is 206 g/mol. The second-order valence-electron chi connectivity index (χ2n) is 3.24. The molecule has 0 fully saturated rings. The number of hydrogen-bond donors (Lipinski definition) is 1. The van der Waals surface area contributed by atoms with Gasteiger partial charge < -0.3 is 15.2 Å². The lowest BCUT2D eigenvalue weighted by atomic mass is 10.1. The normalized spacial score (nSPS) is 10.1. The highest BCUT2D eigenvalue weighted by atomic mass is 16.5. The molecule has 0 unspecified atom stereocenters. The van der Waals surface area contributed by atoms with E-state index in [0.29, 0.717) is 30.2 Å². The third-order valence-electron chi connectivity index (χ3n) is 2.07. The molecule has 0 aliphatic heterocycles. The average Bonchev–Trinajstić information content (AvgIpc) is 2.29. The highest BCUT2D eigenvalue weighted by molar-refractivity contribution is 6.02. The molecule has 0 spiro atoms. The molecular formula is C12H17NO3. The van der Waals surface area contributed by atoms with Gasteiger partial charge in [-0.1, -0.05) is 0 Å². The Morgan fingerprint density at radius 3 is 2.69 bits per heavy atom. The fourth-order valence-electron chi connectivity index (χ4n) is 1.31. The van der Waals surface area contributed by atoms with E-state index in [1.54, 1.807) is 18.2 Å². The highest BCUT2D eigenvalue weighted by Crippen LogP contribution is 2.20. The van der Waals surface area contributed by atoms with E-state index >= 15 is 0 Å². The first-order valence-corrected chi connectivity index (χ1v) is 5.32. The van der Waals surface area contributed by atoms with Crippen molar-refractivity contribution in [2.45, 2.75) is 13.8 Å². The maximum absolute atomic E-state index is 11.7. The van der Waals surface area contributed by atoms with Crippen LogP contribution in [0, 0.1) is 0 Å². The van der Waals surface area contributed by atoms with Crippen LogP contribution >= 0.6 is 0 Å². The van der Waals surface area contributed by atoms with Gasteiger partial charge in [-0.25, -0.2) is 0 Å². The van der Waals surface area contributed by atoms with Gasteiger partial charge in [-0.15, -0.1) is 0 Å². The molecule has 0 amide bonds. The zero-order valence-electron chi connectivity index (χ0n) is 9.66. The summed E-state index contributed by atoms with van der Waals surface area (Å²) in [7, 11) is 0. The number of Topliss-reactive ketones (excluding diaryl/α,β-unsaturated/α-hetero) is 1. The largest absolute Gasteiger partial charge is 0.494 e. The summed E-state index contributed by atoms with van der Waals surface area (Å²) >= 11 is 0. The van der Waals surface area contributed by atoms with Gasteiger partial charge in [0.05, 0.1) is 6.61 Å². The quantitative estimate of drug-likeness (QED) is 0.591. The van der Waals surface area contributed by atoms with Crippen molar-refractivity contribution < 1.29 is 14.3 Å². The van der Waals surface area contributed by atoms with Crippen LogP contribution in [0.2, 0.25) is 0 Å². The summed E-state index contributed by atoms with van der Waals surface area (Å²) in [5.41, 5.74) is 6.64. The first-order valence-electron chi connectivity index (χ1n) is 5.32. The number of ether oxygens (including phenoxy) is 2. The highest BCUT2D eigenvalue weighted by Gasteiger charge is 2.10. The molecule has 0 bridgehead atoms. The van der Waals surface area contributed by atoms with Gasteiger partial charge in [-0.05, 0) is 32.0 Å². The Bertz CT molecular complexity index is 363. The monoisotopic (exact) mass is 223 g/mol. The SMILES string of the molecule is CCOCC(=O)c1cc(OCC)ccc1N. The molecule has 88 valence electrons. The second kappa shape index (κ2) is 6.12. The van der Waals surface area contributed by atoms with Crippen molar-refractivity contribution in [2.24, 2.45) is 0 Å². The van der Waals surface area contributed by atoms with Gasteiger partial charge in [0.15, 0.2) is 5.78 Å². The topological polar surface area (TPSA) is 61.5 Å². The van der Waals surface area contributed by atoms with Crippen molar-refractivity contribution in [1.82, 2.24) is 0 Å². The lowest BCUT2D eigenvalue weighted by Crippen LogP contribution is -2.11. The molecule has 0 aromatic heterocycles. The Morgan fingerprint density at radius 2 is 2.06 bits per heavy atom. The van der Waals surface area contributed by atoms with Crippen molar-refractivity contribution in [3.8, 4) is 5.75 Å². The molecule has 0 saturated carbocycles. The lowest BCUT2D eigenvalue weighted by Gasteiger charge is -2.08. The number of anilines is 1. The van der Waals surface area contributed by atoms with Gasteiger partial charge in [0.25, 0.3) is 0 Å². The number of carbonyl (C=O) groups is 1. The Kier molecular flexibility index (Phi) is 4.79. The van der Waals surface area contributed by atoms with Crippen LogP contribution in [0.25, 0.3) is 0 Å². The van der Waals surface area contributed by atoms with Gasteiger partial charge in [-0.2, -0.15) is 0 Å². The van der Waals surface area contributed by atoms with Crippen LogP contribution in [0.1, 0.15) is 24.2 Å². The smallest absolute Gasteiger partial charge is 0.190 e. The molecule has 4 nitrogen and oxygen atoms in total. The van der Waals surface area contributed by atoms with Gasteiger partial charge in [-0.3, -0.25) is 4.79 Å². The first-order chi connectivity index (χ1) is 7.69. The van der Waals surface area contributed by atoms with Crippen molar-refractivity contribution in [3.63, 3.8) is 0 Å². The molecule has 0 saturated heterocycles. The standard InChI is InChI=1S/C12H17NO3/c1-3-15-8-12(14)10-7-9(16-4-2)5-6-11(10)13/h5-7H,3-4,8,13H2,1-2H3. The van der Waals surface area contributed by atoms with Crippen molar-refractivity contribution in [3.05, 3.63) is 23.8 Å². The average molecular weight is 223 g/mol. The van der Waals surface area contributed by atoms with Crippen molar-refractivity contribution in [2.75, 3.05) is 25.6 Å². The Labute approximate surface area is 95.3 Å². The van der Waals surface area contributed by atoms with E-state index in [9.17, 15) is 4.79 Å². The van der Waals surface area contributed by atoms with Gasteiger partial charge in [0, 0.05) is 17.9 Å². The number of carbonyl (C=O) groups excluding carboxylic acids is 1. The van der Waals surface area contributed by atoms with E-state index < -0.39 is 0 Å². The zero-order chi connectivity index (χ0) is 12.0. The van der Waals surface area contributed by atoms with Crippen LogP contribution < -0.4 is 10.5 Å². The maximum atomic E-state index is 11.7. The number of nitrogens with two attached hydrogens (primary N) is 1. The van der Waals surface area contributed by atoms with Gasteiger partial charge in [0.2, 0.25) is 0 Å². The van der Waals surface area contributed by atoms with E-state index in [0.717, 1.165) is 0 Å². The summed E-state index contributed by atoms with van der Waals surface area (Å²) in [5.74, 6) is 0.525. The molecule has 1 rings (SSSR count). The van der Waals surface area contributed by atoms with Crippen LogP contribution in [0.3, 0.4) is 0 Å². The Morgan fingerprint density at radius 1 is 1.31 bits per heavy atom. The fraction of sp³-hybridized carbons (Fsp3) is 0.417. The minimum Gasteiger partial charge on any atom is -0.494 e. The molecule has 16 heavy (non-hydrogen) atoms. The van der Waals surface area contributed by atoms with Crippen LogP contribution in [-0.4, -0.2) is 25.6 Å². The summed E-state index contributed by atoms with van der Waals surface area (Å²) in [4.78, 5) is 11.7.